The number of thiazole rings is 1. The molecule has 0 saturated carbocycles. The molecular weight excluding hydrogens is 262 g/mol. The van der Waals surface area contributed by atoms with Gasteiger partial charge in [0.2, 0.25) is 0 Å². The van der Waals surface area contributed by atoms with Crippen molar-refractivity contribution in [1.82, 2.24) is 9.88 Å². The van der Waals surface area contributed by atoms with Crippen molar-refractivity contribution in [3.8, 4) is 0 Å². The summed E-state index contributed by atoms with van der Waals surface area (Å²) < 4.78 is 0. The predicted octanol–water partition coefficient (Wildman–Crippen LogP) is 1.93. The van der Waals surface area contributed by atoms with E-state index in [0.29, 0.717) is 23.0 Å². The van der Waals surface area contributed by atoms with E-state index in [0.717, 1.165) is 31.1 Å². The molecule has 5 nitrogen and oxygen atoms in total. The molecule has 2 heterocycles. The van der Waals surface area contributed by atoms with E-state index in [2.05, 4.69) is 28.9 Å². The van der Waals surface area contributed by atoms with Crippen LogP contribution in [-0.4, -0.2) is 54.2 Å². The number of carboxylic acids is 1. The standard InChI is InChI=1S/C13H21N3O2S/c1-4-10-11(12(17)18)19-13(14-10)16-7-5-9(6-8-16)15(2)3/h9H,4-8H2,1-3H3,(H,17,18). The molecule has 1 fully saturated rings. The molecule has 0 bridgehead atoms. The Balaban J connectivity index is 2.09. The molecule has 1 aromatic heterocycles. The molecule has 1 N–H and O–H groups in total. The van der Waals surface area contributed by atoms with Crippen molar-refractivity contribution in [3.05, 3.63) is 10.6 Å². The second-order valence-corrected chi connectivity index (χ2v) is 6.09. The summed E-state index contributed by atoms with van der Waals surface area (Å²) in [7, 11) is 4.23. The molecule has 19 heavy (non-hydrogen) atoms. The average molecular weight is 283 g/mol. The first-order chi connectivity index (χ1) is 9.02. The highest BCUT2D eigenvalue weighted by molar-refractivity contribution is 7.17. The molecule has 0 spiro atoms. The largest absolute Gasteiger partial charge is 0.477 e. The van der Waals surface area contributed by atoms with E-state index < -0.39 is 5.97 Å². The fraction of sp³-hybridized carbons (Fsp3) is 0.692. The number of nitrogens with zero attached hydrogens (tertiary/aromatic N) is 3. The lowest BCUT2D eigenvalue weighted by Crippen LogP contribution is -2.41. The van der Waals surface area contributed by atoms with E-state index in [1.54, 1.807) is 0 Å². The summed E-state index contributed by atoms with van der Waals surface area (Å²) in [4.78, 5) is 20.5. The molecule has 1 aromatic rings. The lowest BCUT2D eigenvalue weighted by molar-refractivity contribution is 0.0701. The van der Waals surface area contributed by atoms with E-state index in [1.165, 1.54) is 11.3 Å². The number of rotatable bonds is 4. The van der Waals surface area contributed by atoms with Crippen LogP contribution >= 0.6 is 11.3 Å². The number of carboxylic acid groups (broad SMARTS) is 1. The Morgan fingerprint density at radius 2 is 2.11 bits per heavy atom. The Labute approximate surface area is 117 Å². The number of anilines is 1. The summed E-state index contributed by atoms with van der Waals surface area (Å²) in [6.07, 6.45) is 2.89. The first-order valence-electron chi connectivity index (χ1n) is 6.67. The van der Waals surface area contributed by atoms with Crippen LogP contribution in [0.25, 0.3) is 0 Å². The Morgan fingerprint density at radius 3 is 2.53 bits per heavy atom. The molecule has 1 aliphatic heterocycles. The van der Waals surface area contributed by atoms with Gasteiger partial charge < -0.3 is 14.9 Å². The molecule has 1 aliphatic rings. The molecular formula is C13H21N3O2S. The highest BCUT2D eigenvalue weighted by Gasteiger charge is 2.24. The van der Waals surface area contributed by atoms with Crippen LogP contribution < -0.4 is 4.90 Å². The van der Waals surface area contributed by atoms with Crippen molar-refractivity contribution in [2.24, 2.45) is 0 Å². The maximum Gasteiger partial charge on any atom is 0.347 e. The summed E-state index contributed by atoms with van der Waals surface area (Å²) in [5.41, 5.74) is 0.710. The molecule has 0 aromatic carbocycles. The van der Waals surface area contributed by atoms with E-state index >= 15 is 0 Å². The van der Waals surface area contributed by atoms with Crippen LogP contribution in [-0.2, 0) is 6.42 Å². The Kier molecular flexibility index (Phi) is 4.42. The number of aromatic nitrogens is 1. The summed E-state index contributed by atoms with van der Waals surface area (Å²) in [5.74, 6) is -0.858. The summed E-state index contributed by atoms with van der Waals surface area (Å²) in [5, 5.41) is 10.0. The van der Waals surface area contributed by atoms with Crippen molar-refractivity contribution < 1.29 is 9.90 Å². The van der Waals surface area contributed by atoms with Gasteiger partial charge in [0, 0.05) is 19.1 Å². The van der Waals surface area contributed by atoms with Crippen molar-refractivity contribution in [2.45, 2.75) is 32.2 Å². The molecule has 6 heteroatoms. The minimum atomic E-state index is -0.858. The number of aromatic carboxylic acids is 1. The fourth-order valence-electron chi connectivity index (χ4n) is 2.45. The Bertz CT molecular complexity index is 451. The maximum atomic E-state index is 11.2. The lowest BCUT2D eigenvalue weighted by atomic mass is 10.0. The van der Waals surface area contributed by atoms with Crippen LogP contribution in [0.1, 0.15) is 35.1 Å². The summed E-state index contributed by atoms with van der Waals surface area (Å²) in [6.45, 7) is 3.86. The minimum Gasteiger partial charge on any atom is -0.477 e. The number of hydrogen-bond donors (Lipinski definition) is 1. The molecule has 106 valence electrons. The van der Waals surface area contributed by atoms with Crippen LogP contribution in [0, 0.1) is 0 Å². The molecule has 2 rings (SSSR count). The number of carbonyl (C=O) groups is 1. The van der Waals surface area contributed by atoms with E-state index in [4.69, 9.17) is 5.11 Å². The molecule has 0 aliphatic carbocycles. The zero-order chi connectivity index (χ0) is 14.0. The second kappa shape index (κ2) is 5.88. The monoisotopic (exact) mass is 283 g/mol. The number of aryl methyl sites for hydroxylation is 1. The minimum absolute atomic E-state index is 0.396. The smallest absolute Gasteiger partial charge is 0.347 e. The number of piperidine rings is 1. The van der Waals surface area contributed by atoms with Crippen LogP contribution in [0.2, 0.25) is 0 Å². The van der Waals surface area contributed by atoms with E-state index in [-0.39, 0.29) is 0 Å². The van der Waals surface area contributed by atoms with Gasteiger partial charge >= 0.3 is 5.97 Å². The first kappa shape index (κ1) is 14.3. The molecule has 1 saturated heterocycles. The number of hydrogen-bond acceptors (Lipinski definition) is 5. The van der Waals surface area contributed by atoms with Gasteiger partial charge in [0.05, 0.1) is 5.69 Å². The average Bonchev–Trinajstić information content (AvgIpc) is 2.83. The van der Waals surface area contributed by atoms with Crippen LogP contribution in [0.4, 0.5) is 5.13 Å². The van der Waals surface area contributed by atoms with Crippen molar-refractivity contribution >= 4 is 22.4 Å². The lowest BCUT2D eigenvalue weighted by Gasteiger charge is -2.35. The van der Waals surface area contributed by atoms with Crippen LogP contribution in [0.5, 0.6) is 0 Å². The van der Waals surface area contributed by atoms with Gasteiger partial charge in [-0.1, -0.05) is 18.3 Å². The molecule has 0 atom stereocenters. The first-order valence-corrected chi connectivity index (χ1v) is 7.49. The summed E-state index contributed by atoms with van der Waals surface area (Å²) in [6, 6.07) is 0.626. The van der Waals surface area contributed by atoms with Gasteiger partial charge in [0.15, 0.2) is 5.13 Å². The van der Waals surface area contributed by atoms with Crippen molar-refractivity contribution in [1.29, 1.82) is 0 Å². The van der Waals surface area contributed by atoms with E-state index in [9.17, 15) is 4.79 Å². The quantitative estimate of drug-likeness (QED) is 0.915. The summed E-state index contributed by atoms with van der Waals surface area (Å²) >= 11 is 1.31. The highest BCUT2D eigenvalue weighted by Crippen LogP contribution is 2.29. The Hall–Kier alpha value is -1.14. The van der Waals surface area contributed by atoms with Gasteiger partial charge in [0.25, 0.3) is 0 Å². The van der Waals surface area contributed by atoms with Crippen LogP contribution in [0.15, 0.2) is 0 Å². The second-order valence-electron chi connectivity index (χ2n) is 5.11. The molecule has 0 amide bonds. The third kappa shape index (κ3) is 3.06. The highest BCUT2D eigenvalue weighted by atomic mass is 32.1. The van der Waals surface area contributed by atoms with Gasteiger partial charge in [-0.05, 0) is 33.4 Å². The Morgan fingerprint density at radius 1 is 1.47 bits per heavy atom. The van der Waals surface area contributed by atoms with Crippen LogP contribution in [0.3, 0.4) is 0 Å². The fourth-order valence-corrected chi connectivity index (χ4v) is 3.50. The van der Waals surface area contributed by atoms with E-state index in [1.807, 2.05) is 6.92 Å². The SMILES string of the molecule is CCc1nc(N2CCC(N(C)C)CC2)sc1C(=O)O. The maximum absolute atomic E-state index is 11.2. The van der Waals surface area contributed by atoms with Gasteiger partial charge in [-0.15, -0.1) is 0 Å². The van der Waals surface area contributed by atoms with Gasteiger partial charge in [-0.3, -0.25) is 0 Å². The third-order valence-corrected chi connectivity index (χ3v) is 4.83. The normalized spacial score (nSPS) is 17.2. The van der Waals surface area contributed by atoms with Gasteiger partial charge in [-0.25, -0.2) is 9.78 Å². The topological polar surface area (TPSA) is 56.7 Å². The third-order valence-electron chi connectivity index (χ3n) is 3.68. The zero-order valence-electron chi connectivity index (χ0n) is 11.7. The zero-order valence-corrected chi connectivity index (χ0v) is 12.5. The molecule has 0 unspecified atom stereocenters. The molecule has 0 radical (unpaired) electrons. The predicted molar refractivity (Wildman–Crippen MR) is 77.4 cm³/mol. The van der Waals surface area contributed by atoms with Gasteiger partial charge in [-0.2, -0.15) is 0 Å². The van der Waals surface area contributed by atoms with Gasteiger partial charge in [0.1, 0.15) is 4.88 Å². The van der Waals surface area contributed by atoms with Crippen molar-refractivity contribution in [3.63, 3.8) is 0 Å². The van der Waals surface area contributed by atoms with Crippen molar-refractivity contribution in [2.75, 3.05) is 32.1 Å².